The molecule has 0 amide bonds. The molecule has 3 aromatic heterocycles. The number of thioether (sulfide) groups is 1. The number of aromatic nitrogens is 4. The van der Waals surface area contributed by atoms with E-state index in [1.807, 2.05) is 6.07 Å². The van der Waals surface area contributed by atoms with Gasteiger partial charge in [-0.25, -0.2) is 9.50 Å². The second-order valence-corrected chi connectivity index (χ2v) is 7.43. The monoisotopic (exact) mass is 330 g/mol. The molecule has 112 valence electrons. The Labute approximate surface area is 135 Å². The van der Waals surface area contributed by atoms with Crippen molar-refractivity contribution in [3.8, 4) is 0 Å². The zero-order chi connectivity index (χ0) is 15.1. The topological polar surface area (TPSA) is 60.1 Å². The van der Waals surface area contributed by atoms with Crippen LogP contribution in [0.5, 0.6) is 0 Å². The van der Waals surface area contributed by atoms with Gasteiger partial charge in [0, 0.05) is 23.4 Å². The zero-order valence-electron chi connectivity index (χ0n) is 12.0. The molecule has 1 atom stereocenters. The van der Waals surface area contributed by atoms with Crippen LogP contribution < -0.4 is 0 Å². The maximum Gasteiger partial charge on any atom is 0.253 e. The summed E-state index contributed by atoms with van der Waals surface area (Å²) in [4.78, 5) is 22.7. The van der Waals surface area contributed by atoms with Crippen molar-refractivity contribution in [2.45, 2.75) is 30.8 Å². The van der Waals surface area contributed by atoms with Gasteiger partial charge in [-0.3, -0.25) is 4.79 Å². The van der Waals surface area contributed by atoms with Crippen molar-refractivity contribution < 1.29 is 4.79 Å². The Morgan fingerprint density at radius 3 is 3.09 bits per heavy atom. The molecule has 22 heavy (non-hydrogen) atoms. The fourth-order valence-electron chi connectivity index (χ4n) is 2.78. The summed E-state index contributed by atoms with van der Waals surface area (Å²) in [6.45, 7) is 2.06. The molecule has 0 bridgehead atoms. The standard InChI is InChI=1S/C15H14N4OS2/c1-2-21-15-17-14-16-11-6-9(13-4-3-5-22-13)7-12(20)10(11)8-19(14)18-15/h3-5,8-9H,2,6-7H2,1H3/t9-/m1/s1. The second-order valence-electron chi connectivity index (χ2n) is 5.22. The summed E-state index contributed by atoms with van der Waals surface area (Å²) in [6.07, 6.45) is 3.13. The maximum atomic E-state index is 12.5. The van der Waals surface area contributed by atoms with Crippen LogP contribution >= 0.6 is 23.1 Å². The maximum absolute atomic E-state index is 12.5. The van der Waals surface area contributed by atoms with Gasteiger partial charge in [0.05, 0.1) is 11.3 Å². The first-order valence-electron chi connectivity index (χ1n) is 7.20. The van der Waals surface area contributed by atoms with Gasteiger partial charge in [-0.1, -0.05) is 24.8 Å². The van der Waals surface area contributed by atoms with Crippen LogP contribution in [0.1, 0.15) is 40.2 Å². The number of ketones is 1. The molecule has 0 fully saturated rings. The average Bonchev–Trinajstić information content (AvgIpc) is 3.14. The molecule has 3 aromatic rings. The Bertz CT molecular complexity index is 841. The van der Waals surface area contributed by atoms with E-state index in [-0.39, 0.29) is 11.7 Å². The number of thiophene rings is 1. The number of Topliss-reactive ketones (excluding diaryl/α,β-unsaturated/α-hetero) is 1. The Hall–Kier alpha value is -1.73. The summed E-state index contributed by atoms with van der Waals surface area (Å²) in [7, 11) is 0. The number of nitrogens with zero attached hydrogens (tertiary/aromatic N) is 4. The molecule has 0 radical (unpaired) electrons. The summed E-state index contributed by atoms with van der Waals surface area (Å²) in [5.41, 5.74) is 1.54. The van der Waals surface area contributed by atoms with E-state index in [0.717, 1.165) is 17.9 Å². The molecule has 0 aliphatic heterocycles. The molecule has 7 heteroatoms. The lowest BCUT2D eigenvalue weighted by molar-refractivity contribution is 0.0963. The molecule has 0 N–H and O–H groups in total. The van der Waals surface area contributed by atoms with Crippen molar-refractivity contribution in [3.05, 3.63) is 39.8 Å². The zero-order valence-corrected chi connectivity index (χ0v) is 13.7. The Kier molecular flexibility index (Phi) is 3.46. The van der Waals surface area contributed by atoms with E-state index in [0.29, 0.717) is 22.9 Å². The first-order chi connectivity index (χ1) is 10.7. The van der Waals surface area contributed by atoms with Crippen LogP contribution in [0.25, 0.3) is 5.78 Å². The van der Waals surface area contributed by atoms with Crippen molar-refractivity contribution in [2.24, 2.45) is 0 Å². The molecule has 0 aromatic carbocycles. The van der Waals surface area contributed by atoms with Gasteiger partial charge in [-0.05, 0) is 23.6 Å². The highest BCUT2D eigenvalue weighted by Crippen LogP contribution is 2.34. The third-order valence-corrected chi connectivity index (χ3v) is 5.54. The fraction of sp³-hybridized carbons (Fsp3) is 0.333. The predicted molar refractivity (Wildman–Crippen MR) is 86.9 cm³/mol. The molecule has 4 rings (SSSR count). The number of rotatable bonds is 3. The Balaban J connectivity index is 1.76. The highest BCUT2D eigenvalue weighted by molar-refractivity contribution is 7.99. The van der Waals surface area contributed by atoms with Crippen LogP contribution in [0.3, 0.4) is 0 Å². The molecule has 5 nitrogen and oxygen atoms in total. The minimum Gasteiger partial charge on any atom is -0.294 e. The molecular formula is C15H14N4OS2. The third-order valence-electron chi connectivity index (χ3n) is 3.78. The van der Waals surface area contributed by atoms with Crippen LogP contribution in [0.15, 0.2) is 28.9 Å². The SMILES string of the molecule is CCSc1nc2nc3c(cn2n1)C(=O)C[C@H](c1cccs1)C3. The highest BCUT2D eigenvalue weighted by atomic mass is 32.2. The molecule has 1 aliphatic rings. The van der Waals surface area contributed by atoms with Gasteiger partial charge in [0.2, 0.25) is 5.16 Å². The summed E-state index contributed by atoms with van der Waals surface area (Å²) < 4.78 is 1.63. The van der Waals surface area contributed by atoms with Crippen LogP contribution in [0, 0.1) is 0 Å². The summed E-state index contributed by atoms with van der Waals surface area (Å²) in [6, 6.07) is 4.13. The minimum atomic E-state index is 0.147. The summed E-state index contributed by atoms with van der Waals surface area (Å²) in [5, 5.41) is 7.13. The molecular weight excluding hydrogens is 316 g/mol. The van der Waals surface area contributed by atoms with Crippen molar-refractivity contribution >= 4 is 34.7 Å². The van der Waals surface area contributed by atoms with Crippen molar-refractivity contribution in [1.82, 2.24) is 19.6 Å². The largest absolute Gasteiger partial charge is 0.294 e. The average molecular weight is 330 g/mol. The Morgan fingerprint density at radius 1 is 1.41 bits per heavy atom. The molecule has 0 unspecified atom stereocenters. The van der Waals surface area contributed by atoms with E-state index in [1.165, 1.54) is 4.88 Å². The minimum absolute atomic E-state index is 0.147. The number of hydrogen-bond acceptors (Lipinski definition) is 6. The van der Waals surface area contributed by atoms with Gasteiger partial charge < -0.3 is 0 Å². The van der Waals surface area contributed by atoms with Crippen LogP contribution in [0.4, 0.5) is 0 Å². The number of carbonyl (C=O) groups is 1. The lowest BCUT2D eigenvalue weighted by atomic mass is 9.86. The number of hydrogen-bond donors (Lipinski definition) is 0. The number of carbonyl (C=O) groups excluding carboxylic acids is 1. The lowest BCUT2D eigenvalue weighted by Gasteiger charge is -2.21. The van der Waals surface area contributed by atoms with Crippen LogP contribution in [-0.2, 0) is 6.42 Å². The second kappa shape index (κ2) is 5.48. The Morgan fingerprint density at radius 2 is 2.32 bits per heavy atom. The van der Waals surface area contributed by atoms with E-state index < -0.39 is 0 Å². The van der Waals surface area contributed by atoms with Gasteiger partial charge in [0.1, 0.15) is 0 Å². The first-order valence-corrected chi connectivity index (χ1v) is 9.07. The lowest BCUT2D eigenvalue weighted by Crippen LogP contribution is -2.20. The van der Waals surface area contributed by atoms with E-state index >= 15 is 0 Å². The summed E-state index contributed by atoms with van der Waals surface area (Å²) in [5.74, 6) is 1.88. The van der Waals surface area contributed by atoms with Gasteiger partial charge in [0.25, 0.3) is 5.78 Å². The van der Waals surface area contributed by atoms with E-state index in [1.54, 1.807) is 33.8 Å². The molecule has 0 spiro atoms. The molecule has 3 heterocycles. The van der Waals surface area contributed by atoms with Gasteiger partial charge in [0.15, 0.2) is 5.78 Å². The van der Waals surface area contributed by atoms with Gasteiger partial charge in [-0.15, -0.1) is 16.4 Å². The van der Waals surface area contributed by atoms with E-state index in [9.17, 15) is 4.79 Å². The van der Waals surface area contributed by atoms with E-state index in [2.05, 4.69) is 33.4 Å². The van der Waals surface area contributed by atoms with Gasteiger partial charge >= 0.3 is 0 Å². The van der Waals surface area contributed by atoms with Crippen molar-refractivity contribution in [1.29, 1.82) is 0 Å². The van der Waals surface area contributed by atoms with Crippen molar-refractivity contribution in [2.75, 3.05) is 5.75 Å². The van der Waals surface area contributed by atoms with Gasteiger partial charge in [-0.2, -0.15) is 4.98 Å². The van der Waals surface area contributed by atoms with Crippen LogP contribution in [-0.4, -0.2) is 31.1 Å². The fourth-order valence-corrected chi connectivity index (χ4v) is 4.16. The predicted octanol–water partition coefficient (Wildman–Crippen LogP) is 3.21. The normalized spacial score (nSPS) is 17.9. The van der Waals surface area contributed by atoms with Crippen molar-refractivity contribution in [3.63, 3.8) is 0 Å². The number of fused-ring (bicyclic) bond motifs is 2. The molecule has 1 aliphatic carbocycles. The summed E-state index contributed by atoms with van der Waals surface area (Å²) >= 11 is 3.28. The quantitative estimate of drug-likeness (QED) is 0.690. The van der Waals surface area contributed by atoms with E-state index in [4.69, 9.17) is 0 Å². The molecule has 0 saturated carbocycles. The third kappa shape index (κ3) is 2.34. The van der Waals surface area contributed by atoms with Crippen LogP contribution in [0.2, 0.25) is 0 Å². The molecule has 0 saturated heterocycles. The highest BCUT2D eigenvalue weighted by Gasteiger charge is 2.29. The first kappa shape index (κ1) is 13.9. The smallest absolute Gasteiger partial charge is 0.253 e.